The molecule has 0 radical (unpaired) electrons. The zero-order chi connectivity index (χ0) is 10.6. The van der Waals surface area contributed by atoms with Gasteiger partial charge in [-0.2, -0.15) is 0 Å². The lowest BCUT2D eigenvalue weighted by atomic mass is 9.97. The summed E-state index contributed by atoms with van der Waals surface area (Å²) in [4.78, 5) is 0. The van der Waals surface area contributed by atoms with Crippen molar-refractivity contribution < 1.29 is 0 Å². The highest BCUT2D eigenvalue weighted by Gasteiger charge is 2.08. The van der Waals surface area contributed by atoms with Gasteiger partial charge in [-0.25, -0.2) is 0 Å². The third kappa shape index (κ3) is 3.16. The first-order valence-corrected chi connectivity index (χ1v) is 5.57. The highest BCUT2D eigenvalue weighted by atomic mass is 35.5. The molecule has 0 aromatic heterocycles. The van der Waals surface area contributed by atoms with E-state index in [0.29, 0.717) is 12.5 Å². The van der Waals surface area contributed by atoms with E-state index in [2.05, 4.69) is 6.92 Å². The predicted octanol–water partition coefficient (Wildman–Crippen LogP) is 3.52. The van der Waals surface area contributed by atoms with E-state index in [0.717, 1.165) is 28.5 Å². The Morgan fingerprint density at radius 1 is 1.36 bits per heavy atom. The average Bonchev–Trinajstić information content (AvgIpc) is 2.19. The Kier molecular flexibility index (Phi) is 4.73. The van der Waals surface area contributed by atoms with Crippen molar-refractivity contribution in [3.63, 3.8) is 0 Å². The molecule has 1 atom stereocenters. The van der Waals surface area contributed by atoms with Crippen LogP contribution >= 0.6 is 23.2 Å². The molecular formula is C11H15Cl2N. The van der Waals surface area contributed by atoms with Crippen LogP contribution in [0.15, 0.2) is 18.2 Å². The zero-order valence-electron chi connectivity index (χ0n) is 8.26. The largest absolute Gasteiger partial charge is 0.330 e. The highest BCUT2D eigenvalue weighted by molar-refractivity contribution is 6.33. The van der Waals surface area contributed by atoms with Crippen molar-refractivity contribution in [2.75, 3.05) is 6.54 Å². The van der Waals surface area contributed by atoms with Crippen molar-refractivity contribution in [3.05, 3.63) is 33.8 Å². The summed E-state index contributed by atoms with van der Waals surface area (Å²) in [7, 11) is 0. The maximum absolute atomic E-state index is 6.05. The number of rotatable bonds is 4. The maximum atomic E-state index is 6.05. The summed E-state index contributed by atoms with van der Waals surface area (Å²) in [5, 5.41) is 1.51. The molecule has 2 N–H and O–H groups in total. The Morgan fingerprint density at radius 3 is 2.64 bits per heavy atom. The van der Waals surface area contributed by atoms with Crippen LogP contribution in [0.3, 0.4) is 0 Å². The predicted molar refractivity (Wildman–Crippen MR) is 63.0 cm³/mol. The van der Waals surface area contributed by atoms with Gasteiger partial charge in [-0.05, 0) is 42.6 Å². The Morgan fingerprint density at radius 2 is 2.07 bits per heavy atom. The van der Waals surface area contributed by atoms with Crippen LogP contribution in [0.5, 0.6) is 0 Å². The molecule has 0 spiro atoms. The van der Waals surface area contributed by atoms with Gasteiger partial charge in [-0.15, -0.1) is 0 Å². The van der Waals surface area contributed by atoms with Gasteiger partial charge in [0.05, 0.1) is 0 Å². The van der Waals surface area contributed by atoms with E-state index in [1.807, 2.05) is 12.1 Å². The molecule has 0 aliphatic carbocycles. The van der Waals surface area contributed by atoms with Crippen LogP contribution in [0, 0.1) is 5.92 Å². The fraction of sp³-hybridized carbons (Fsp3) is 0.455. The molecule has 0 amide bonds. The molecule has 14 heavy (non-hydrogen) atoms. The second-order valence-corrected chi connectivity index (χ2v) is 4.29. The minimum atomic E-state index is 0.492. The molecule has 0 heterocycles. The topological polar surface area (TPSA) is 26.0 Å². The maximum Gasteiger partial charge on any atom is 0.0439 e. The van der Waals surface area contributed by atoms with Crippen molar-refractivity contribution in [1.29, 1.82) is 0 Å². The van der Waals surface area contributed by atoms with E-state index in [1.165, 1.54) is 0 Å². The SMILES string of the molecule is CCC(CN)Cc1cc(Cl)ccc1Cl. The standard InChI is InChI=1S/C11H15Cl2N/c1-2-8(7-14)5-9-6-10(12)3-4-11(9)13/h3-4,6,8H,2,5,7,14H2,1H3. The second kappa shape index (κ2) is 5.59. The summed E-state index contributed by atoms with van der Waals surface area (Å²) < 4.78 is 0. The normalized spacial score (nSPS) is 12.9. The molecule has 1 aromatic carbocycles. The van der Waals surface area contributed by atoms with Crippen molar-refractivity contribution in [1.82, 2.24) is 0 Å². The first-order valence-electron chi connectivity index (χ1n) is 4.81. The average molecular weight is 232 g/mol. The van der Waals surface area contributed by atoms with Gasteiger partial charge in [0.2, 0.25) is 0 Å². The van der Waals surface area contributed by atoms with Crippen molar-refractivity contribution >= 4 is 23.2 Å². The van der Waals surface area contributed by atoms with Crippen LogP contribution in [0.25, 0.3) is 0 Å². The molecule has 0 bridgehead atoms. The number of hydrogen-bond donors (Lipinski definition) is 1. The first-order chi connectivity index (χ1) is 6.67. The summed E-state index contributed by atoms with van der Waals surface area (Å²) >= 11 is 12.0. The van der Waals surface area contributed by atoms with E-state index in [1.54, 1.807) is 6.07 Å². The Hall–Kier alpha value is -0.240. The minimum Gasteiger partial charge on any atom is -0.330 e. The van der Waals surface area contributed by atoms with E-state index in [4.69, 9.17) is 28.9 Å². The highest BCUT2D eigenvalue weighted by Crippen LogP contribution is 2.23. The Balaban J connectivity index is 2.79. The van der Waals surface area contributed by atoms with Crippen molar-refractivity contribution in [2.24, 2.45) is 11.7 Å². The molecule has 0 aliphatic heterocycles. The van der Waals surface area contributed by atoms with Crippen molar-refractivity contribution in [2.45, 2.75) is 19.8 Å². The summed E-state index contributed by atoms with van der Waals surface area (Å²) in [6.45, 7) is 2.83. The molecule has 0 fully saturated rings. The number of nitrogens with two attached hydrogens (primary N) is 1. The quantitative estimate of drug-likeness (QED) is 0.844. The van der Waals surface area contributed by atoms with E-state index >= 15 is 0 Å². The summed E-state index contributed by atoms with van der Waals surface area (Å²) in [6.07, 6.45) is 1.98. The lowest BCUT2D eigenvalue weighted by molar-refractivity contribution is 0.519. The molecular weight excluding hydrogens is 217 g/mol. The Bertz CT molecular complexity index is 295. The van der Waals surface area contributed by atoms with Gasteiger partial charge in [0.15, 0.2) is 0 Å². The molecule has 0 saturated carbocycles. The Labute approximate surface area is 95.2 Å². The fourth-order valence-corrected chi connectivity index (χ4v) is 1.79. The molecule has 1 rings (SSSR count). The second-order valence-electron chi connectivity index (χ2n) is 3.45. The zero-order valence-corrected chi connectivity index (χ0v) is 9.78. The summed E-state index contributed by atoms with van der Waals surface area (Å²) in [6, 6.07) is 5.56. The molecule has 1 unspecified atom stereocenters. The summed E-state index contributed by atoms with van der Waals surface area (Å²) in [5.74, 6) is 0.492. The van der Waals surface area contributed by atoms with Crippen LogP contribution in [0.4, 0.5) is 0 Å². The van der Waals surface area contributed by atoms with Crippen LogP contribution in [-0.4, -0.2) is 6.54 Å². The molecule has 1 nitrogen and oxygen atoms in total. The van der Waals surface area contributed by atoms with Gasteiger partial charge in [0.1, 0.15) is 0 Å². The number of halogens is 2. The van der Waals surface area contributed by atoms with Gasteiger partial charge in [0, 0.05) is 10.0 Å². The van der Waals surface area contributed by atoms with Gasteiger partial charge in [0.25, 0.3) is 0 Å². The molecule has 3 heteroatoms. The van der Waals surface area contributed by atoms with E-state index in [9.17, 15) is 0 Å². The lowest BCUT2D eigenvalue weighted by Gasteiger charge is -2.13. The summed E-state index contributed by atoms with van der Waals surface area (Å²) in [5.41, 5.74) is 6.74. The van der Waals surface area contributed by atoms with Gasteiger partial charge in [-0.3, -0.25) is 0 Å². The van der Waals surface area contributed by atoms with Gasteiger partial charge in [-0.1, -0.05) is 36.5 Å². The van der Waals surface area contributed by atoms with Gasteiger partial charge < -0.3 is 5.73 Å². The lowest BCUT2D eigenvalue weighted by Crippen LogP contribution is -2.16. The van der Waals surface area contributed by atoms with Crippen LogP contribution in [-0.2, 0) is 6.42 Å². The van der Waals surface area contributed by atoms with Gasteiger partial charge >= 0.3 is 0 Å². The van der Waals surface area contributed by atoms with E-state index < -0.39 is 0 Å². The van der Waals surface area contributed by atoms with E-state index in [-0.39, 0.29) is 0 Å². The first kappa shape index (κ1) is 11.8. The molecule has 0 saturated heterocycles. The van der Waals surface area contributed by atoms with Crippen LogP contribution in [0.1, 0.15) is 18.9 Å². The fourth-order valence-electron chi connectivity index (χ4n) is 1.41. The molecule has 1 aromatic rings. The van der Waals surface area contributed by atoms with Crippen LogP contribution in [0.2, 0.25) is 10.0 Å². The number of hydrogen-bond acceptors (Lipinski definition) is 1. The van der Waals surface area contributed by atoms with Crippen LogP contribution < -0.4 is 5.73 Å². The molecule has 78 valence electrons. The third-order valence-corrected chi connectivity index (χ3v) is 3.03. The molecule has 0 aliphatic rings. The monoisotopic (exact) mass is 231 g/mol. The van der Waals surface area contributed by atoms with Crippen molar-refractivity contribution in [3.8, 4) is 0 Å². The third-order valence-electron chi connectivity index (χ3n) is 2.43. The minimum absolute atomic E-state index is 0.492. The smallest absolute Gasteiger partial charge is 0.0439 e. The number of benzene rings is 1.